The fourth-order valence-electron chi connectivity index (χ4n) is 4.00. The van der Waals surface area contributed by atoms with Crippen LogP contribution in [0.25, 0.3) is 10.1 Å². The number of thiophene rings is 1. The van der Waals surface area contributed by atoms with Crippen LogP contribution in [0.5, 0.6) is 0 Å². The summed E-state index contributed by atoms with van der Waals surface area (Å²) in [6, 6.07) is 2.32. The fourth-order valence-corrected chi connectivity index (χ4v) is 4.85. The van der Waals surface area contributed by atoms with E-state index in [0.29, 0.717) is 24.1 Å². The average molecular weight is 344 g/mol. The molecule has 3 saturated heterocycles. The maximum atomic E-state index is 12.7. The van der Waals surface area contributed by atoms with E-state index >= 15 is 0 Å². The van der Waals surface area contributed by atoms with E-state index in [1.165, 1.54) is 11.3 Å². The van der Waals surface area contributed by atoms with Crippen molar-refractivity contribution in [3.63, 3.8) is 0 Å². The van der Waals surface area contributed by atoms with Crippen LogP contribution in [0.3, 0.4) is 0 Å². The third-order valence-electron chi connectivity index (χ3n) is 5.38. The highest BCUT2D eigenvalue weighted by molar-refractivity contribution is 7.17. The summed E-state index contributed by atoms with van der Waals surface area (Å²) in [6.07, 6.45) is 4.65. The van der Waals surface area contributed by atoms with Gasteiger partial charge in [0, 0.05) is 29.0 Å². The van der Waals surface area contributed by atoms with E-state index in [1.807, 2.05) is 5.38 Å². The topological polar surface area (TPSA) is 74.3 Å². The molecule has 126 valence electrons. The average Bonchev–Trinajstić information content (AvgIpc) is 3.01. The fraction of sp³-hybridized carbons (Fsp3) is 0.471. The minimum atomic E-state index is -0.134. The first-order chi connectivity index (χ1) is 11.7. The highest BCUT2D eigenvalue weighted by Gasteiger charge is 2.40. The molecule has 0 radical (unpaired) electrons. The van der Waals surface area contributed by atoms with Crippen molar-refractivity contribution in [2.24, 2.45) is 5.92 Å². The number of nitrogens with zero attached hydrogens (tertiary/aromatic N) is 2. The van der Waals surface area contributed by atoms with E-state index in [2.05, 4.69) is 27.4 Å². The molecule has 2 amide bonds. The van der Waals surface area contributed by atoms with Crippen molar-refractivity contribution in [3.05, 3.63) is 23.3 Å². The minimum absolute atomic E-state index is 0.134. The lowest BCUT2D eigenvalue weighted by Crippen LogP contribution is -2.62. The quantitative estimate of drug-likeness (QED) is 0.833. The van der Waals surface area contributed by atoms with Crippen LogP contribution in [0.4, 0.5) is 5.69 Å². The normalized spacial score (nSPS) is 28.7. The van der Waals surface area contributed by atoms with Gasteiger partial charge in [0.1, 0.15) is 5.69 Å². The van der Waals surface area contributed by atoms with E-state index < -0.39 is 0 Å². The largest absolute Gasteiger partial charge is 0.346 e. The van der Waals surface area contributed by atoms with Gasteiger partial charge in [0.2, 0.25) is 6.41 Å². The van der Waals surface area contributed by atoms with Crippen molar-refractivity contribution in [2.75, 3.05) is 18.4 Å². The number of carbonyl (C=O) groups is 2. The minimum Gasteiger partial charge on any atom is -0.346 e. The summed E-state index contributed by atoms with van der Waals surface area (Å²) in [5.74, 6) is 0.428. The van der Waals surface area contributed by atoms with Gasteiger partial charge in [-0.05, 0) is 44.8 Å². The zero-order valence-corrected chi connectivity index (χ0v) is 14.3. The highest BCUT2D eigenvalue weighted by Crippen LogP contribution is 2.33. The number of carbonyl (C=O) groups excluding carboxylic acids is 2. The van der Waals surface area contributed by atoms with Crippen LogP contribution in [-0.4, -0.2) is 47.4 Å². The van der Waals surface area contributed by atoms with E-state index in [9.17, 15) is 9.59 Å². The van der Waals surface area contributed by atoms with Gasteiger partial charge in [-0.1, -0.05) is 0 Å². The van der Waals surface area contributed by atoms with Gasteiger partial charge in [0.15, 0.2) is 0 Å². The van der Waals surface area contributed by atoms with Gasteiger partial charge in [-0.15, -0.1) is 11.3 Å². The standard InChI is InChI=1S/C17H20N4O2S/c1-10-16(11-2-4-21(10)5-3-11)20-17(23)13-6-12-14(19-9-22)8-24-15(12)7-18-13/h6-11,16H,2-5H2,1H3,(H,19,22)(H,20,23). The number of hydrogen-bond donors (Lipinski definition) is 2. The Bertz CT molecular complexity index is 780. The SMILES string of the molecule is CC1C(NC(=O)c2cc3c(NC=O)csc3cn2)C2CCN1CC2. The summed E-state index contributed by atoms with van der Waals surface area (Å²) < 4.78 is 0.951. The predicted molar refractivity (Wildman–Crippen MR) is 94.3 cm³/mol. The molecule has 2 bridgehead atoms. The zero-order chi connectivity index (χ0) is 16.7. The molecule has 5 rings (SSSR count). The molecule has 2 aromatic heterocycles. The van der Waals surface area contributed by atoms with Gasteiger partial charge in [0.25, 0.3) is 5.91 Å². The van der Waals surface area contributed by atoms with Gasteiger partial charge >= 0.3 is 0 Å². The molecule has 5 heterocycles. The van der Waals surface area contributed by atoms with Crippen LogP contribution < -0.4 is 10.6 Å². The number of amides is 2. The van der Waals surface area contributed by atoms with Crippen molar-refractivity contribution >= 4 is 39.4 Å². The number of aromatic nitrogens is 1. The molecule has 3 aliphatic heterocycles. The van der Waals surface area contributed by atoms with Crippen molar-refractivity contribution in [1.29, 1.82) is 0 Å². The van der Waals surface area contributed by atoms with Crippen molar-refractivity contribution in [1.82, 2.24) is 15.2 Å². The van der Waals surface area contributed by atoms with Crippen molar-refractivity contribution < 1.29 is 9.59 Å². The molecule has 7 heteroatoms. The van der Waals surface area contributed by atoms with E-state index in [1.54, 1.807) is 12.3 Å². The Morgan fingerprint density at radius 3 is 2.92 bits per heavy atom. The summed E-state index contributed by atoms with van der Waals surface area (Å²) in [7, 11) is 0. The Labute approximate surface area is 144 Å². The molecule has 3 fully saturated rings. The Morgan fingerprint density at radius 2 is 2.21 bits per heavy atom. The lowest BCUT2D eigenvalue weighted by molar-refractivity contribution is -0.105. The van der Waals surface area contributed by atoms with Crippen LogP contribution in [0.2, 0.25) is 0 Å². The molecule has 2 aromatic rings. The lowest BCUT2D eigenvalue weighted by Gasteiger charge is -2.49. The third kappa shape index (κ3) is 2.57. The number of fused-ring (bicyclic) bond motifs is 4. The Balaban J connectivity index is 1.57. The zero-order valence-electron chi connectivity index (χ0n) is 13.5. The Morgan fingerprint density at radius 1 is 1.42 bits per heavy atom. The molecule has 0 saturated carbocycles. The number of anilines is 1. The van der Waals surface area contributed by atoms with Crippen LogP contribution in [0, 0.1) is 5.92 Å². The summed E-state index contributed by atoms with van der Waals surface area (Å²) >= 11 is 1.50. The summed E-state index contributed by atoms with van der Waals surface area (Å²) in [5.41, 5.74) is 1.12. The molecule has 0 spiro atoms. The van der Waals surface area contributed by atoms with E-state index in [4.69, 9.17) is 0 Å². The van der Waals surface area contributed by atoms with Gasteiger partial charge in [-0.2, -0.15) is 0 Å². The predicted octanol–water partition coefficient (Wildman–Crippen LogP) is 2.08. The number of hydrogen-bond acceptors (Lipinski definition) is 5. The molecular weight excluding hydrogens is 324 g/mol. The molecule has 3 aliphatic rings. The maximum absolute atomic E-state index is 12.7. The molecule has 2 atom stereocenters. The van der Waals surface area contributed by atoms with Crippen LogP contribution in [0.1, 0.15) is 30.3 Å². The van der Waals surface area contributed by atoms with Gasteiger partial charge < -0.3 is 10.6 Å². The first-order valence-electron chi connectivity index (χ1n) is 8.29. The second-order valence-electron chi connectivity index (χ2n) is 6.59. The first-order valence-corrected chi connectivity index (χ1v) is 9.17. The summed E-state index contributed by atoms with van der Waals surface area (Å²) in [4.78, 5) is 30.1. The monoisotopic (exact) mass is 344 g/mol. The number of piperidine rings is 3. The van der Waals surface area contributed by atoms with Crippen molar-refractivity contribution in [3.8, 4) is 0 Å². The number of nitrogens with one attached hydrogen (secondary N) is 2. The van der Waals surface area contributed by atoms with Gasteiger partial charge in [-0.3, -0.25) is 14.5 Å². The van der Waals surface area contributed by atoms with Crippen LogP contribution in [0.15, 0.2) is 17.6 Å². The molecule has 0 aliphatic carbocycles. The van der Waals surface area contributed by atoms with Crippen LogP contribution >= 0.6 is 11.3 Å². The smallest absolute Gasteiger partial charge is 0.270 e. The molecule has 24 heavy (non-hydrogen) atoms. The Kier molecular flexibility index (Phi) is 3.97. The van der Waals surface area contributed by atoms with E-state index in [0.717, 1.165) is 41.7 Å². The van der Waals surface area contributed by atoms with Gasteiger partial charge in [0.05, 0.1) is 10.4 Å². The Hall–Kier alpha value is -1.99. The summed E-state index contributed by atoms with van der Waals surface area (Å²) in [5, 5.41) is 8.58. The summed E-state index contributed by atoms with van der Waals surface area (Å²) in [6.45, 7) is 4.47. The second kappa shape index (κ2) is 6.14. The van der Waals surface area contributed by atoms with Gasteiger partial charge in [-0.25, -0.2) is 4.98 Å². The lowest BCUT2D eigenvalue weighted by atomic mass is 9.79. The maximum Gasteiger partial charge on any atom is 0.270 e. The molecule has 6 nitrogen and oxygen atoms in total. The number of pyridine rings is 1. The first kappa shape index (κ1) is 15.5. The highest BCUT2D eigenvalue weighted by atomic mass is 32.1. The molecule has 2 unspecified atom stereocenters. The molecule has 0 aromatic carbocycles. The number of rotatable bonds is 4. The molecular formula is C17H20N4O2S. The third-order valence-corrected chi connectivity index (χ3v) is 6.32. The molecule has 2 N–H and O–H groups in total. The van der Waals surface area contributed by atoms with E-state index in [-0.39, 0.29) is 11.9 Å². The second-order valence-corrected chi connectivity index (χ2v) is 7.50. The van der Waals surface area contributed by atoms with Crippen LogP contribution in [-0.2, 0) is 4.79 Å². The van der Waals surface area contributed by atoms with Crippen molar-refractivity contribution in [2.45, 2.75) is 31.8 Å².